The van der Waals surface area contributed by atoms with Crippen LogP contribution in [0.5, 0.6) is 5.75 Å². The van der Waals surface area contributed by atoms with Gasteiger partial charge in [-0.1, -0.05) is 53.4 Å². The van der Waals surface area contributed by atoms with E-state index in [1.807, 2.05) is 18.7 Å². The van der Waals surface area contributed by atoms with Crippen LogP contribution < -0.4 is 15.4 Å². The summed E-state index contributed by atoms with van der Waals surface area (Å²) in [6.45, 7) is 8.81. The molecule has 3 amide bonds. The van der Waals surface area contributed by atoms with Crippen LogP contribution in [0.2, 0.25) is 0 Å². The van der Waals surface area contributed by atoms with Crippen molar-refractivity contribution in [3.63, 3.8) is 0 Å². The predicted molar refractivity (Wildman–Crippen MR) is 152 cm³/mol. The maximum Gasteiger partial charge on any atom is 0.317 e. The number of benzene rings is 1. The quantitative estimate of drug-likeness (QED) is 0.265. The van der Waals surface area contributed by atoms with Crippen LogP contribution in [0.3, 0.4) is 0 Å². The Morgan fingerprint density at radius 2 is 1.57 bits per heavy atom. The van der Waals surface area contributed by atoms with Crippen molar-refractivity contribution in [2.75, 3.05) is 19.7 Å². The van der Waals surface area contributed by atoms with Crippen LogP contribution in [0.4, 0.5) is 18.0 Å². The minimum absolute atomic E-state index is 0.177. The summed E-state index contributed by atoms with van der Waals surface area (Å²) in [5.74, 6) is -6.70. The third-order valence-corrected chi connectivity index (χ3v) is 6.82. The van der Waals surface area contributed by atoms with Gasteiger partial charge < -0.3 is 25.0 Å². The molecular formula is C30H46F3N3O6. The number of esters is 1. The van der Waals surface area contributed by atoms with Gasteiger partial charge in [0.25, 0.3) is 0 Å². The molecule has 1 saturated carbocycles. The number of piperidine rings is 1. The van der Waals surface area contributed by atoms with E-state index in [9.17, 15) is 32.3 Å². The fourth-order valence-corrected chi connectivity index (χ4v) is 4.30. The van der Waals surface area contributed by atoms with Gasteiger partial charge in [0.2, 0.25) is 12.2 Å². The Hall–Kier alpha value is -3.31. The van der Waals surface area contributed by atoms with E-state index in [2.05, 4.69) is 29.2 Å². The second kappa shape index (κ2) is 20.5. The van der Waals surface area contributed by atoms with E-state index in [1.165, 1.54) is 57.8 Å². The van der Waals surface area contributed by atoms with Crippen LogP contribution in [0.25, 0.3) is 0 Å². The SMILES string of the molecule is CC.CCCC.O=C(NC1CCCC1)N1CCCCC1.O=CNC1CC(=O)OCc2c(F)cc(F)c(F)c2OCC1=O. The second-order valence-corrected chi connectivity index (χ2v) is 9.90. The molecule has 42 heavy (non-hydrogen) atoms. The Labute approximate surface area is 246 Å². The summed E-state index contributed by atoms with van der Waals surface area (Å²) in [6, 6.07) is -0.301. The average Bonchev–Trinajstić information content (AvgIpc) is 3.52. The van der Waals surface area contributed by atoms with Gasteiger partial charge in [0, 0.05) is 25.2 Å². The molecule has 4 rings (SSSR count). The van der Waals surface area contributed by atoms with Gasteiger partial charge in [-0.05, 0) is 32.1 Å². The normalized spacial score (nSPS) is 18.6. The summed E-state index contributed by atoms with van der Waals surface area (Å²) in [6.07, 6.45) is 10.9. The Kier molecular flexibility index (Phi) is 18.0. The monoisotopic (exact) mass is 601 g/mol. The lowest BCUT2D eigenvalue weighted by molar-refractivity contribution is -0.147. The number of Topliss-reactive ketones (excluding diaryl/α,β-unsaturated/α-hetero) is 1. The number of urea groups is 1. The van der Waals surface area contributed by atoms with Crippen LogP contribution in [0, 0.1) is 17.5 Å². The van der Waals surface area contributed by atoms with Crippen LogP contribution in [-0.4, -0.2) is 60.9 Å². The number of nitrogens with zero attached hydrogens (tertiary/aromatic N) is 1. The van der Waals surface area contributed by atoms with E-state index < -0.39 is 66.2 Å². The topological polar surface area (TPSA) is 114 Å². The van der Waals surface area contributed by atoms with Crippen molar-refractivity contribution in [2.45, 2.75) is 111 Å². The van der Waals surface area contributed by atoms with E-state index in [0.29, 0.717) is 6.04 Å². The molecule has 3 aliphatic rings. The van der Waals surface area contributed by atoms with Gasteiger partial charge in [0.05, 0.1) is 12.0 Å². The number of halogens is 3. The number of carbonyl (C=O) groups is 4. The van der Waals surface area contributed by atoms with Crippen molar-refractivity contribution in [1.82, 2.24) is 15.5 Å². The first-order valence-electron chi connectivity index (χ1n) is 14.9. The highest BCUT2D eigenvalue weighted by Gasteiger charge is 2.28. The van der Waals surface area contributed by atoms with Gasteiger partial charge in [-0.15, -0.1) is 0 Å². The highest BCUT2D eigenvalue weighted by atomic mass is 19.2. The molecule has 2 aliphatic heterocycles. The number of ketones is 1. The minimum Gasteiger partial charge on any atom is -0.482 e. The van der Waals surface area contributed by atoms with Crippen LogP contribution >= 0.6 is 0 Å². The summed E-state index contributed by atoms with van der Waals surface area (Å²) in [5, 5.41) is 5.22. The standard InChI is InChI=1S/C13H10F3NO5.C11H20N2O.C4H10.C2H6/c14-7-1-8(15)12(16)13-6(7)3-21-11(20)2-9(17-5-18)10(19)4-22-13;14-11(12-10-6-2-3-7-10)13-8-4-1-5-9-13;1-3-4-2;1-2/h1,5,9H,2-4H2,(H,17,18);10H,1-9H2,(H,12,14);3-4H2,1-2H3;1-2H3. The Morgan fingerprint density at radius 3 is 2.14 bits per heavy atom. The number of nitrogens with one attached hydrogen (secondary N) is 2. The number of cyclic esters (lactones) is 1. The molecule has 12 heteroatoms. The van der Waals surface area contributed by atoms with Crippen LogP contribution in [0.1, 0.15) is 97.5 Å². The van der Waals surface area contributed by atoms with E-state index in [4.69, 9.17) is 4.74 Å². The van der Waals surface area contributed by atoms with Crippen molar-refractivity contribution < 1.29 is 41.8 Å². The molecule has 0 bridgehead atoms. The number of hydrogen-bond donors (Lipinski definition) is 2. The molecule has 1 aliphatic carbocycles. The van der Waals surface area contributed by atoms with Crippen LogP contribution in [-0.2, 0) is 25.7 Å². The Balaban J connectivity index is 0.000000376. The number of fused-ring (bicyclic) bond motifs is 1. The maximum absolute atomic E-state index is 13.7. The molecule has 1 saturated heterocycles. The number of likely N-dealkylation sites (tertiary alicyclic amines) is 1. The largest absolute Gasteiger partial charge is 0.482 e. The first kappa shape index (κ1) is 36.7. The predicted octanol–water partition coefficient (Wildman–Crippen LogP) is 5.57. The van der Waals surface area contributed by atoms with Crippen molar-refractivity contribution in [3.05, 3.63) is 29.1 Å². The van der Waals surface area contributed by atoms with Crippen molar-refractivity contribution in [2.24, 2.45) is 0 Å². The second-order valence-electron chi connectivity index (χ2n) is 9.90. The molecule has 2 fully saturated rings. The van der Waals surface area contributed by atoms with E-state index in [-0.39, 0.29) is 18.5 Å². The summed E-state index contributed by atoms with van der Waals surface area (Å²) >= 11 is 0. The number of unbranched alkanes of at least 4 members (excludes halogenated alkanes) is 1. The minimum atomic E-state index is -1.50. The molecule has 0 aromatic heterocycles. The smallest absolute Gasteiger partial charge is 0.317 e. The van der Waals surface area contributed by atoms with E-state index >= 15 is 0 Å². The van der Waals surface area contributed by atoms with Gasteiger partial charge in [0.1, 0.15) is 25.1 Å². The fraction of sp³-hybridized carbons (Fsp3) is 0.667. The van der Waals surface area contributed by atoms with E-state index in [1.54, 1.807) is 0 Å². The molecule has 238 valence electrons. The number of carbonyl (C=O) groups excluding carboxylic acids is 4. The molecule has 1 unspecified atom stereocenters. The average molecular weight is 602 g/mol. The molecule has 0 radical (unpaired) electrons. The van der Waals surface area contributed by atoms with Gasteiger partial charge >= 0.3 is 12.0 Å². The van der Waals surface area contributed by atoms with Crippen molar-refractivity contribution in [1.29, 1.82) is 0 Å². The Morgan fingerprint density at radius 1 is 0.952 bits per heavy atom. The zero-order valence-electron chi connectivity index (χ0n) is 25.2. The lowest BCUT2D eigenvalue weighted by Gasteiger charge is -2.28. The fourth-order valence-electron chi connectivity index (χ4n) is 4.30. The Bertz CT molecular complexity index is 997. The third-order valence-electron chi connectivity index (χ3n) is 6.82. The number of rotatable bonds is 4. The van der Waals surface area contributed by atoms with Crippen LogP contribution in [0.15, 0.2) is 6.07 Å². The molecule has 2 N–H and O–H groups in total. The summed E-state index contributed by atoms with van der Waals surface area (Å²) in [7, 11) is 0. The molecule has 1 aromatic rings. The lowest BCUT2D eigenvalue weighted by atomic mass is 10.1. The molecule has 1 aromatic carbocycles. The molecule has 9 nitrogen and oxygen atoms in total. The third kappa shape index (κ3) is 12.3. The summed E-state index contributed by atoms with van der Waals surface area (Å²) in [4.78, 5) is 47.5. The number of ether oxygens (including phenoxy) is 2. The van der Waals surface area contributed by atoms with E-state index in [0.717, 1.165) is 13.1 Å². The molecule has 1 atom stereocenters. The zero-order chi connectivity index (χ0) is 31.5. The summed E-state index contributed by atoms with van der Waals surface area (Å²) < 4.78 is 50.1. The first-order valence-corrected chi connectivity index (χ1v) is 14.9. The zero-order valence-corrected chi connectivity index (χ0v) is 25.2. The summed E-state index contributed by atoms with van der Waals surface area (Å²) in [5.41, 5.74) is -0.512. The van der Waals surface area contributed by atoms with Gasteiger partial charge in [-0.25, -0.2) is 13.6 Å². The van der Waals surface area contributed by atoms with Gasteiger partial charge in [-0.3, -0.25) is 14.4 Å². The first-order chi connectivity index (χ1) is 20.2. The number of hydrogen-bond acceptors (Lipinski definition) is 6. The van der Waals surface area contributed by atoms with Gasteiger partial charge in [0.15, 0.2) is 17.3 Å². The number of amides is 3. The van der Waals surface area contributed by atoms with Gasteiger partial charge in [-0.2, -0.15) is 4.39 Å². The lowest BCUT2D eigenvalue weighted by Crippen LogP contribution is -2.46. The van der Waals surface area contributed by atoms with Crippen molar-refractivity contribution in [3.8, 4) is 5.75 Å². The highest BCUT2D eigenvalue weighted by Crippen LogP contribution is 2.29. The molecule has 0 spiro atoms. The molecule has 2 heterocycles. The van der Waals surface area contributed by atoms with Crippen molar-refractivity contribution >= 4 is 24.2 Å². The highest BCUT2D eigenvalue weighted by molar-refractivity contribution is 5.90. The maximum atomic E-state index is 13.7. The molecular weight excluding hydrogens is 555 g/mol.